The number of fused-ring (bicyclic) bond motifs is 1. The summed E-state index contributed by atoms with van der Waals surface area (Å²) in [6, 6.07) is 13.2. The Labute approximate surface area is 256 Å². The van der Waals surface area contributed by atoms with E-state index in [2.05, 4.69) is 32.7 Å². The van der Waals surface area contributed by atoms with Crippen molar-refractivity contribution in [3.63, 3.8) is 0 Å². The zero-order chi connectivity index (χ0) is 30.9. The largest absolute Gasteiger partial charge is 0.495 e. The van der Waals surface area contributed by atoms with Gasteiger partial charge < -0.3 is 25.3 Å². The molecule has 3 N–H and O–H groups in total. The van der Waals surface area contributed by atoms with Crippen molar-refractivity contribution in [3.8, 4) is 17.6 Å². The standard InChI is InChI=1S/C34H40F3N5O2/c1-38-32(43)23-9-14-29(31(18-23)44-2)39-17-4-6-26-19-27-28(7-3-8-30(27)42(26)22-34(35,36)37)40-24-10-12-25(13-11-24)41-20-33(21-41)15-5-16-33/h3,7-9,14,18-19,24-25,39-40H,5,10-13,15-17,20-22H2,1-2H3,(H,38,43)/t24-,25-. The number of methoxy groups -OCH3 is 1. The maximum absolute atomic E-state index is 13.7. The molecule has 0 radical (unpaired) electrons. The number of carbonyl (C=O) groups is 1. The van der Waals surface area contributed by atoms with Gasteiger partial charge in [-0.2, -0.15) is 13.2 Å². The van der Waals surface area contributed by atoms with E-state index in [1.165, 1.54) is 44.0 Å². The third kappa shape index (κ3) is 6.34. The Morgan fingerprint density at radius 1 is 1.07 bits per heavy atom. The van der Waals surface area contributed by atoms with Gasteiger partial charge in [-0.15, -0.1) is 0 Å². The minimum Gasteiger partial charge on any atom is -0.495 e. The number of hydrogen-bond donors (Lipinski definition) is 3. The van der Waals surface area contributed by atoms with Crippen molar-refractivity contribution in [2.45, 2.75) is 69.8 Å². The van der Waals surface area contributed by atoms with E-state index in [4.69, 9.17) is 4.74 Å². The monoisotopic (exact) mass is 607 g/mol. The molecule has 2 aliphatic carbocycles. The van der Waals surface area contributed by atoms with Crippen LogP contribution in [0.15, 0.2) is 42.5 Å². The Bertz CT molecular complexity index is 1570. The van der Waals surface area contributed by atoms with Gasteiger partial charge >= 0.3 is 6.18 Å². The molecule has 0 bridgehead atoms. The first-order valence-corrected chi connectivity index (χ1v) is 15.5. The molecule has 2 saturated carbocycles. The van der Waals surface area contributed by atoms with Gasteiger partial charge in [-0.25, -0.2) is 0 Å². The number of nitrogens with one attached hydrogen (secondary N) is 3. The summed E-state index contributed by atoms with van der Waals surface area (Å²) in [4.78, 5) is 14.6. The van der Waals surface area contributed by atoms with Crippen LogP contribution in [0, 0.1) is 17.3 Å². The van der Waals surface area contributed by atoms with Crippen molar-refractivity contribution >= 4 is 28.2 Å². The Balaban J connectivity index is 1.15. The summed E-state index contributed by atoms with van der Waals surface area (Å²) in [5.41, 5.74) is 3.39. The summed E-state index contributed by atoms with van der Waals surface area (Å²) in [7, 11) is 3.05. The number of likely N-dealkylation sites (tertiary alicyclic amines) is 1. The number of aromatic nitrogens is 1. The van der Waals surface area contributed by atoms with E-state index < -0.39 is 12.7 Å². The van der Waals surface area contributed by atoms with E-state index in [1.54, 1.807) is 37.4 Å². The maximum atomic E-state index is 13.7. The summed E-state index contributed by atoms with van der Waals surface area (Å²) in [6.45, 7) is 1.58. The molecule has 1 spiro atoms. The molecule has 10 heteroatoms. The van der Waals surface area contributed by atoms with E-state index in [0.29, 0.717) is 45.7 Å². The van der Waals surface area contributed by atoms with Gasteiger partial charge in [0.25, 0.3) is 5.91 Å². The van der Waals surface area contributed by atoms with E-state index in [9.17, 15) is 18.0 Å². The number of ether oxygens (including phenoxy) is 1. The van der Waals surface area contributed by atoms with Crippen molar-refractivity contribution in [2.75, 3.05) is 44.4 Å². The molecule has 0 atom stereocenters. The number of benzene rings is 2. The average Bonchev–Trinajstić information content (AvgIpc) is 3.30. The van der Waals surface area contributed by atoms with Crippen LogP contribution in [0.3, 0.4) is 0 Å². The second-order valence-electron chi connectivity index (χ2n) is 12.5. The number of alkyl halides is 3. The van der Waals surface area contributed by atoms with Gasteiger partial charge in [0.1, 0.15) is 12.3 Å². The van der Waals surface area contributed by atoms with E-state index in [1.807, 2.05) is 12.1 Å². The van der Waals surface area contributed by atoms with E-state index >= 15 is 0 Å². The van der Waals surface area contributed by atoms with Gasteiger partial charge in [0, 0.05) is 48.9 Å². The highest BCUT2D eigenvalue weighted by molar-refractivity contribution is 5.95. The number of hydrogen-bond acceptors (Lipinski definition) is 5. The molecule has 3 aliphatic rings. The van der Waals surface area contributed by atoms with Crippen LogP contribution in [0.1, 0.15) is 61.0 Å². The van der Waals surface area contributed by atoms with Crippen LogP contribution in [0.5, 0.6) is 5.75 Å². The fourth-order valence-corrected chi connectivity index (χ4v) is 7.13. The van der Waals surface area contributed by atoms with Crippen LogP contribution in [-0.2, 0) is 6.54 Å². The lowest BCUT2D eigenvalue weighted by Crippen LogP contribution is -2.63. The third-order valence-corrected chi connectivity index (χ3v) is 9.62. The van der Waals surface area contributed by atoms with Gasteiger partial charge in [-0.1, -0.05) is 18.4 Å². The SMILES string of the molecule is CNC(=O)c1ccc(NCC#Cc2cc3c(N[C@H]4CC[C@H](N5CC6(CCC6)C5)CC4)cccc3n2CC(F)(F)F)c(OC)c1. The summed E-state index contributed by atoms with van der Waals surface area (Å²) < 4.78 is 47.7. The molecule has 7 nitrogen and oxygen atoms in total. The smallest absolute Gasteiger partial charge is 0.406 e. The van der Waals surface area contributed by atoms with Gasteiger partial charge in [0.05, 0.1) is 30.6 Å². The quantitative estimate of drug-likeness (QED) is 0.265. The first kappa shape index (κ1) is 30.2. The predicted molar refractivity (Wildman–Crippen MR) is 167 cm³/mol. The fraction of sp³-hybridized carbons (Fsp3) is 0.500. The summed E-state index contributed by atoms with van der Waals surface area (Å²) in [5.74, 6) is 6.17. The highest BCUT2D eigenvalue weighted by Gasteiger charge is 2.49. The number of nitrogens with zero attached hydrogens (tertiary/aromatic N) is 2. The van der Waals surface area contributed by atoms with Gasteiger partial charge in [0.2, 0.25) is 0 Å². The number of carbonyl (C=O) groups excluding carboxylic acids is 1. The Hall–Kier alpha value is -3.84. The molecular weight excluding hydrogens is 567 g/mol. The normalized spacial score (nSPS) is 21.1. The lowest BCUT2D eigenvalue weighted by atomic mass is 9.63. The Morgan fingerprint density at radius 2 is 1.84 bits per heavy atom. The minimum atomic E-state index is -4.39. The van der Waals surface area contributed by atoms with Crippen LogP contribution in [-0.4, -0.2) is 67.4 Å². The number of rotatable bonds is 8. The minimum absolute atomic E-state index is 0.176. The lowest BCUT2D eigenvalue weighted by molar-refractivity contribution is -0.140. The third-order valence-electron chi connectivity index (χ3n) is 9.62. The van der Waals surface area contributed by atoms with Crippen LogP contribution < -0.4 is 20.7 Å². The fourth-order valence-electron chi connectivity index (χ4n) is 7.13. The van der Waals surface area contributed by atoms with E-state index in [0.717, 1.165) is 36.8 Å². The summed E-state index contributed by atoms with van der Waals surface area (Å²) in [5, 5.41) is 10.1. The van der Waals surface area contributed by atoms with Crippen LogP contribution in [0.25, 0.3) is 10.9 Å². The molecule has 2 aromatic carbocycles. The summed E-state index contributed by atoms with van der Waals surface area (Å²) >= 11 is 0. The number of amides is 1. The molecule has 1 amide bonds. The van der Waals surface area contributed by atoms with Gasteiger partial charge in [-0.05, 0) is 86.3 Å². The second kappa shape index (κ2) is 12.3. The summed E-state index contributed by atoms with van der Waals surface area (Å²) in [6.07, 6.45) is 4.20. The topological polar surface area (TPSA) is 70.6 Å². The second-order valence-corrected chi connectivity index (χ2v) is 12.5. The van der Waals surface area contributed by atoms with Gasteiger partial charge in [-0.3, -0.25) is 9.69 Å². The highest BCUT2D eigenvalue weighted by atomic mass is 19.4. The van der Waals surface area contributed by atoms with Crippen molar-refractivity contribution < 1.29 is 22.7 Å². The zero-order valence-electron chi connectivity index (χ0n) is 25.3. The van der Waals surface area contributed by atoms with E-state index in [-0.39, 0.29) is 12.5 Å². The molecule has 3 aromatic rings. The number of halogens is 3. The molecule has 0 unspecified atom stereocenters. The molecule has 44 heavy (non-hydrogen) atoms. The number of anilines is 2. The van der Waals surface area contributed by atoms with Crippen molar-refractivity contribution in [3.05, 3.63) is 53.7 Å². The van der Waals surface area contributed by atoms with Crippen LogP contribution in [0.2, 0.25) is 0 Å². The molecular formula is C34H40F3N5O2. The zero-order valence-corrected chi connectivity index (χ0v) is 25.3. The van der Waals surface area contributed by atoms with Gasteiger partial charge in [0.15, 0.2) is 0 Å². The molecule has 2 heterocycles. The van der Waals surface area contributed by atoms with Crippen LogP contribution >= 0.6 is 0 Å². The lowest BCUT2D eigenvalue weighted by Gasteiger charge is -2.59. The molecule has 1 aliphatic heterocycles. The first-order valence-electron chi connectivity index (χ1n) is 15.5. The van der Waals surface area contributed by atoms with Crippen molar-refractivity contribution in [1.82, 2.24) is 14.8 Å². The highest BCUT2D eigenvalue weighted by Crippen LogP contribution is 2.50. The molecule has 6 rings (SSSR count). The average molecular weight is 608 g/mol. The molecule has 3 fully saturated rings. The van der Waals surface area contributed by atoms with Crippen LogP contribution in [0.4, 0.5) is 24.5 Å². The Morgan fingerprint density at radius 3 is 2.50 bits per heavy atom. The maximum Gasteiger partial charge on any atom is 0.406 e. The molecule has 1 saturated heterocycles. The Kier molecular flexibility index (Phi) is 8.42. The van der Waals surface area contributed by atoms with Crippen molar-refractivity contribution in [1.29, 1.82) is 0 Å². The molecule has 234 valence electrons. The predicted octanol–water partition coefficient (Wildman–Crippen LogP) is 6.24. The first-order chi connectivity index (χ1) is 21.2. The molecule has 1 aromatic heterocycles. The van der Waals surface area contributed by atoms with Crippen molar-refractivity contribution in [2.24, 2.45) is 5.41 Å².